The van der Waals surface area contributed by atoms with E-state index in [1.165, 1.54) is 0 Å². The number of carbonyl (C=O) groups is 1. The Labute approximate surface area is 102 Å². The van der Waals surface area contributed by atoms with Crippen LogP contribution in [-0.2, 0) is 0 Å². The fourth-order valence-corrected chi connectivity index (χ4v) is 1.70. The molecule has 94 valence electrons. The Hall–Kier alpha value is -1.51. The van der Waals surface area contributed by atoms with Crippen LogP contribution in [0.2, 0.25) is 0 Å². The SMILES string of the molecule is CCCCC(CC)Oc1ccccc1C(=O)O. The molecule has 0 aliphatic carbocycles. The summed E-state index contributed by atoms with van der Waals surface area (Å²) in [4.78, 5) is 11.0. The van der Waals surface area contributed by atoms with Gasteiger partial charge in [-0.2, -0.15) is 0 Å². The van der Waals surface area contributed by atoms with Gasteiger partial charge in [-0.3, -0.25) is 0 Å². The van der Waals surface area contributed by atoms with Gasteiger partial charge >= 0.3 is 5.97 Å². The van der Waals surface area contributed by atoms with Gasteiger partial charge in [-0.1, -0.05) is 38.8 Å². The zero-order chi connectivity index (χ0) is 12.7. The van der Waals surface area contributed by atoms with Gasteiger partial charge in [0, 0.05) is 0 Å². The minimum atomic E-state index is -0.939. The first-order valence-electron chi connectivity index (χ1n) is 6.18. The zero-order valence-electron chi connectivity index (χ0n) is 10.5. The van der Waals surface area contributed by atoms with Crippen LogP contribution in [0.4, 0.5) is 0 Å². The molecule has 0 heterocycles. The van der Waals surface area contributed by atoms with Crippen LogP contribution in [0.25, 0.3) is 0 Å². The lowest BCUT2D eigenvalue weighted by Crippen LogP contribution is -2.16. The second kappa shape index (κ2) is 6.94. The van der Waals surface area contributed by atoms with Gasteiger partial charge in [0.2, 0.25) is 0 Å². The molecule has 1 rings (SSSR count). The fourth-order valence-electron chi connectivity index (χ4n) is 1.70. The maximum atomic E-state index is 11.0. The average Bonchev–Trinajstić information content (AvgIpc) is 2.34. The summed E-state index contributed by atoms with van der Waals surface area (Å²) in [6, 6.07) is 6.81. The van der Waals surface area contributed by atoms with Crippen molar-refractivity contribution in [1.29, 1.82) is 0 Å². The Bertz CT molecular complexity index is 360. The van der Waals surface area contributed by atoms with Crippen LogP contribution in [0.5, 0.6) is 5.75 Å². The highest BCUT2D eigenvalue weighted by Crippen LogP contribution is 2.21. The van der Waals surface area contributed by atoms with Crippen LogP contribution >= 0.6 is 0 Å². The summed E-state index contributed by atoms with van der Waals surface area (Å²) in [5, 5.41) is 9.05. The smallest absolute Gasteiger partial charge is 0.339 e. The monoisotopic (exact) mass is 236 g/mol. The van der Waals surface area contributed by atoms with E-state index in [9.17, 15) is 4.79 Å². The Morgan fingerprint density at radius 1 is 1.35 bits per heavy atom. The van der Waals surface area contributed by atoms with Crippen LogP contribution < -0.4 is 4.74 Å². The highest BCUT2D eigenvalue weighted by molar-refractivity contribution is 5.90. The number of ether oxygens (including phenoxy) is 1. The summed E-state index contributed by atoms with van der Waals surface area (Å²) in [5.74, 6) is -0.464. The summed E-state index contributed by atoms with van der Waals surface area (Å²) in [7, 11) is 0. The molecule has 0 aromatic heterocycles. The number of carboxylic acids is 1. The van der Waals surface area contributed by atoms with E-state index in [4.69, 9.17) is 9.84 Å². The van der Waals surface area contributed by atoms with Crippen LogP contribution in [0, 0.1) is 0 Å². The molecule has 3 nitrogen and oxygen atoms in total. The maximum absolute atomic E-state index is 11.0. The maximum Gasteiger partial charge on any atom is 0.339 e. The van der Waals surface area contributed by atoms with Crippen LogP contribution in [0.15, 0.2) is 24.3 Å². The summed E-state index contributed by atoms with van der Waals surface area (Å²) in [5.41, 5.74) is 0.238. The van der Waals surface area contributed by atoms with Crippen LogP contribution in [0.3, 0.4) is 0 Å². The molecule has 0 fully saturated rings. The molecule has 0 aliphatic rings. The van der Waals surface area contributed by atoms with Gasteiger partial charge in [-0.05, 0) is 25.0 Å². The summed E-state index contributed by atoms with van der Waals surface area (Å²) in [6.07, 6.45) is 4.21. The Kier molecular flexibility index (Phi) is 5.53. The molecule has 1 N–H and O–H groups in total. The van der Waals surface area contributed by atoms with Crippen molar-refractivity contribution in [1.82, 2.24) is 0 Å². The average molecular weight is 236 g/mol. The zero-order valence-corrected chi connectivity index (χ0v) is 10.5. The predicted octanol–water partition coefficient (Wildman–Crippen LogP) is 3.73. The van der Waals surface area contributed by atoms with Crippen molar-refractivity contribution >= 4 is 5.97 Å². The second-order valence-electron chi connectivity index (χ2n) is 4.09. The van der Waals surface area contributed by atoms with Crippen molar-refractivity contribution in [2.75, 3.05) is 0 Å². The number of carboxylic acid groups (broad SMARTS) is 1. The van der Waals surface area contributed by atoms with E-state index >= 15 is 0 Å². The lowest BCUT2D eigenvalue weighted by atomic mass is 10.1. The van der Waals surface area contributed by atoms with Crippen LogP contribution in [-0.4, -0.2) is 17.2 Å². The van der Waals surface area contributed by atoms with E-state index in [2.05, 4.69) is 13.8 Å². The molecule has 0 aliphatic heterocycles. The van der Waals surface area contributed by atoms with Gasteiger partial charge in [0.05, 0.1) is 6.10 Å². The molecule has 0 saturated heterocycles. The van der Waals surface area contributed by atoms with E-state index in [1.54, 1.807) is 24.3 Å². The fraction of sp³-hybridized carbons (Fsp3) is 0.500. The number of unbranched alkanes of at least 4 members (excludes halogenated alkanes) is 1. The van der Waals surface area contributed by atoms with E-state index in [-0.39, 0.29) is 11.7 Å². The number of hydrogen-bond donors (Lipinski definition) is 1. The predicted molar refractivity (Wildman–Crippen MR) is 67.6 cm³/mol. The Morgan fingerprint density at radius 2 is 2.06 bits per heavy atom. The molecule has 0 saturated carbocycles. The van der Waals surface area contributed by atoms with Crippen LogP contribution in [0.1, 0.15) is 49.9 Å². The van der Waals surface area contributed by atoms with Crippen molar-refractivity contribution in [3.63, 3.8) is 0 Å². The van der Waals surface area contributed by atoms with Crippen molar-refractivity contribution < 1.29 is 14.6 Å². The second-order valence-corrected chi connectivity index (χ2v) is 4.09. The first-order chi connectivity index (χ1) is 8.19. The molecule has 1 aromatic rings. The highest BCUT2D eigenvalue weighted by Gasteiger charge is 2.14. The Balaban J connectivity index is 2.75. The third kappa shape index (κ3) is 4.10. The van der Waals surface area contributed by atoms with Crippen molar-refractivity contribution in [3.8, 4) is 5.75 Å². The third-order valence-electron chi connectivity index (χ3n) is 2.75. The van der Waals surface area contributed by atoms with E-state index in [0.29, 0.717) is 5.75 Å². The first-order valence-corrected chi connectivity index (χ1v) is 6.18. The van der Waals surface area contributed by atoms with E-state index in [1.807, 2.05) is 0 Å². The molecule has 1 aromatic carbocycles. The topological polar surface area (TPSA) is 46.5 Å². The number of rotatable bonds is 7. The summed E-state index contributed by atoms with van der Waals surface area (Å²) >= 11 is 0. The Morgan fingerprint density at radius 3 is 2.65 bits per heavy atom. The summed E-state index contributed by atoms with van der Waals surface area (Å²) < 4.78 is 5.78. The lowest BCUT2D eigenvalue weighted by Gasteiger charge is -2.18. The largest absolute Gasteiger partial charge is 0.490 e. The molecule has 1 unspecified atom stereocenters. The number of benzene rings is 1. The molecule has 0 radical (unpaired) electrons. The lowest BCUT2D eigenvalue weighted by molar-refractivity contribution is 0.0688. The van der Waals surface area contributed by atoms with Gasteiger partial charge in [-0.15, -0.1) is 0 Å². The molecule has 0 spiro atoms. The summed E-state index contributed by atoms with van der Waals surface area (Å²) in [6.45, 7) is 4.20. The molecule has 0 amide bonds. The van der Waals surface area contributed by atoms with Crippen molar-refractivity contribution in [3.05, 3.63) is 29.8 Å². The van der Waals surface area contributed by atoms with Crippen molar-refractivity contribution in [2.45, 2.75) is 45.6 Å². The molecular weight excluding hydrogens is 216 g/mol. The van der Waals surface area contributed by atoms with Gasteiger partial charge in [0.1, 0.15) is 11.3 Å². The minimum absolute atomic E-state index is 0.107. The molecule has 0 bridgehead atoms. The molecule has 3 heteroatoms. The highest BCUT2D eigenvalue weighted by atomic mass is 16.5. The normalized spacial score (nSPS) is 12.1. The quantitative estimate of drug-likeness (QED) is 0.784. The van der Waals surface area contributed by atoms with Gasteiger partial charge in [0.15, 0.2) is 0 Å². The van der Waals surface area contributed by atoms with E-state index < -0.39 is 5.97 Å². The van der Waals surface area contributed by atoms with E-state index in [0.717, 1.165) is 25.7 Å². The number of hydrogen-bond acceptors (Lipinski definition) is 2. The molecule has 17 heavy (non-hydrogen) atoms. The molecule has 1 atom stereocenters. The van der Waals surface area contributed by atoms with Gasteiger partial charge in [-0.25, -0.2) is 4.79 Å². The first kappa shape index (κ1) is 13.6. The minimum Gasteiger partial charge on any atom is -0.490 e. The number of aromatic carboxylic acids is 1. The number of para-hydroxylation sites is 1. The third-order valence-corrected chi connectivity index (χ3v) is 2.75. The van der Waals surface area contributed by atoms with Gasteiger partial charge in [0.25, 0.3) is 0 Å². The standard InChI is InChI=1S/C14H20O3/c1-3-5-8-11(4-2)17-13-10-7-6-9-12(13)14(15)16/h6-7,9-11H,3-5,8H2,1-2H3,(H,15,16). The van der Waals surface area contributed by atoms with Crippen molar-refractivity contribution in [2.24, 2.45) is 0 Å². The molecular formula is C14H20O3. The van der Waals surface area contributed by atoms with Gasteiger partial charge < -0.3 is 9.84 Å².